The minimum Gasteiger partial charge on any atom is -0.508 e. The van der Waals surface area contributed by atoms with E-state index in [9.17, 15) is 10.2 Å². The van der Waals surface area contributed by atoms with E-state index >= 15 is 0 Å². The molecule has 0 bridgehead atoms. The number of aliphatic hydroxyl groups excluding tert-OH is 1. The first kappa shape index (κ1) is 16.3. The summed E-state index contributed by atoms with van der Waals surface area (Å²) in [5.74, 6) is 0.647. The second kappa shape index (κ2) is 6.51. The number of ether oxygens (including phenoxy) is 2. The molecule has 0 aliphatic carbocycles. The monoisotopic (exact) mass is 378 g/mol. The van der Waals surface area contributed by atoms with Crippen molar-refractivity contribution in [3.8, 4) is 11.5 Å². The Morgan fingerprint density at radius 3 is 2.57 bits per heavy atom. The molecule has 0 saturated heterocycles. The molecule has 2 aromatic carbocycles. The van der Waals surface area contributed by atoms with Crippen molar-refractivity contribution >= 4 is 15.9 Å². The first-order valence-electron chi connectivity index (χ1n) is 7.54. The molecule has 3 rings (SSSR count). The van der Waals surface area contributed by atoms with Crippen LogP contribution in [0.5, 0.6) is 11.5 Å². The first-order valence-corrected chi connectivity index (χ1v) is 8.33. The number of aliphatic hydroxyl groups is 1. The molecule has 2 N–H and O–H groups in total. The van der Waals surface area contributed by atoms with E-state index in [0.29, 0.717) is 28.0 Å². The smallest absolute Gasteiger partial charge is 0.140 e. The fourth-order valence-electron chi connectivity index (χ4n) is 2.94. The Hall–Kier alpha value is -1.56. The quantitative estimate of drug-likeness (QED) is 0.837. The van der Waals surface area contributed by atoms with E-state index in [0.717, 1.165) is 5.56 Å². The van der Waals surface area contributed by atoms with Gasteiger partial charge >= 0.3 is 0 Å². The molecule has 0 fully saturated rings. The maximum Gasteiger partial charge on any atom is 0.140 e. The largest absolute Gasteiger partial charge is 0.508 e. The van der Waals surface area contributed by atoms with Crippen molar-refractivity contribution in [1.29, 1.82) is 0 Å². The number of hydrogen-bond acceptors (Lipinski definition) is 4. The van der Waals surface area contributed by atoms with Crippen molar-refractivity contribution in [1.82, 2.24) is 0 Å². The first-order chi connectivity index (χ1) is 11.0. The number of benzene rings is 2. The van der Waals surface area contributed by atoms with Crippen molar-refractivity contribution in [2.24, 2.45) is 0 Å². The maximum absolute atomic E-state index is 10.4. The Bertz CT molecular complexity index is 702. The van der Waals surface area contributed by atoms with Crippen LogP contribution in [0.15, 0.2) is 40.9 Å². The van der Waals surface area contributed by atoms with E-state index in [1.54, 1.807) is 13.0 Å². The van der Waals surface area contributed by atoms with Crippen LogP contribution in [-0.4, -0.2) is 16.3 Å². The van der Waals surface area contributed by atoms with Crippen molar-refractivity contribution < 1.29 is 19.7 Å². The van der Waals surface area contributed by atoms with Crippen molar-refractivity contribution in [3.63, 3.8) is 0 Å². The summed E-state index contributed by atoms with van der Waals surface area (Å²) < 4.78 is 12.4. The highest BCUT2D eigenvalue weighted by molar-refractivity contribution is 9.10. The number of halogens is 1. The Kier molecular flexibility index (Phi) is 4.62. The van der Waals surface area contributed by atoms with Gasteiger partial charge in [-0.3, -0.25) is 0 Å². The zero-order chi connectivity index (χ0) is 16.6. The molecule has 0 unspecified atom stereocenters. The predicted molar refractivity (Wildman–Crippen MR) is 90.5 cm³/mol. The van der Waals surface area contributed by atoms with Crippen molar-refractivity contribution in [3.05, 3.63) is 57.6 Å². The van der Waals surface area contributed by atoms with Gasteiger partial charge in [-0.05, 0) is 41.4 Å². The van der Waals surface area contributed by atoms with Crippen LogP contribution in [0.25, 0.3) is 0 Å². The summed E-state index contributed by atoms with van der Waals surface area (Å²) in [6.45, 7) is 4.08. The van der Waals surface area contributed by atoms with Crippen molar-refractivity contribution in [2.75, 3.05) is 0 Å². The molecule has 0 amide bonds. The zero-order valence-corrected chi connectivity index (χ0v) is 14.6. The normalized spacial score (nSPS) is 23.4. The average molecular weight is 379 g/mol. The van der Waals surface area contributed by atoms with Gasteiger partial charge in [-0.25, -0.2) is 0 Å². The van der Waals surface area contributed by atoms with Gasteiger partial charge < -0.3 is 19.7 Å². The van der Waals surface area contributed by atoms with E-state index in [4.69, 9.17) is 9.47 Å². The molecule has 23 heavy (non-hydrogen) atoms. The number of phenolic OH excluding ortho intramolecular Hbond substituents is 1. The summed E-state index contributed by atoms with van der Waals surface area (Å²) in [4.78, 5) is 0. The van der Waals surface area contributed by atoms with Gasteiger partial charge in [0.2, 0.25) is 0 Å². The summed E-state index contributed by atoms with van der Waals surface area (Å²) in [5, 5.41) is 20.6. The molecular formula is C18H19BrO4. The Morgan fingerprint density at radius 2 is 1.87 bits per heavy atom. The van der Waals surface area contributed by atoms with E-state index in [1.807, 2.05) is 37.3 Å². The van der Waals surface area contributed by atoms with Crippen LogP contribution in [0.3, 0.4) is 0 Å². The molecule has 0 aromatic heterocycles. The predicted octanol–water partition coefficient (Wildman–Crippen LogP) is 4.25. The topological polar surface area (TPSA) is 58.9 Å². The van der Waals surface area contributed by atoms with Crippen LogP contribution < -0.4 is 4.74 Å². The van der Waals surface area contributed by atoms with Crippen LogP contribution in [0.1, 0.15) is 42.7 Å². The molecule has 2 aromatic rings. The van der Waals surface area contributed by atoms with Gasteiger partial charge in [0.1, 0.15) is 24.2 Å². The van der Waals surface area contributed by atoms with Gasteiger partial charge in [0.05, 0.1) is 16.7 Å². The number of fused-ring (bicyclic) bond motifs is 1. The Labute approximate surface area is 143 Å². The second-order valence-corrected chi connectivity index (χ2v) is 6.59. The number of hydrogen-bond donors (Lipinski definition) is 2. The molecule has 0 radical (unpaired) electrons. The van der Waals surface area contributed by atoms with E-state index in [2.05, 4.69) is 15.9 Å². The number of rotatable bonds is 3. The van der Waals surface area contributed by atoms with Gasteiger partial charge in [0.25, 0.3) is 0 Å². The van der Waals surface area contributed by atoms with E-state index < -0.39 is 6.10 Å². The molecule has 1 heterocycles. The minimum atomic E-state index is -0.881. The Balaban J connectivity index is 2.00. The Morgan fingerprint density at radius 1 is 1.17 bits per heavy atom. The van der Waals surface area contributed by atoms with Gasteiger partial charge in [0, 0.05) is 11.1 Å². The highest BCUT2D eigenvalue weighted by Gasteiger charge is 2.36. The summed E-state index contributed by atoms with van der Waals surface area (Å²) in [6.07, 6.45) is -1.54. The fourth-order valence-corrected chi connectivity index (χ4v) is 3.49. The molecule has 5 heteroatoms. The highest BCUT2D eigenvalue weighted by atomic mass is 79.9. The summed E-state index contributed by atoms with van der Waals surface area (Å²) >= 11 is 3.44. The summed E-state index contributed by atoms with van der Waals surface area (Å²) in [5.41, 5.74) is 2.22. The van der Waals surface area contributed by atoms with Crippen LogP contribution in [0.2, 0.25) is 0 Å². The standard InChI is InChI=1S/C18H19BrO4/c1-10-15-16(17(21)11(2)23-10)14(20)8-13(19)18(15)22-9-12-6-4-3-5-7-12/h3-8,10-11,17,20-21H,9H2,1-2H3/t10-,11-,17-/m1/s1. The molecule has 1 aliphatic heterocycles. The van der Waals surface area contributed by atoms with Crippen LogP contribution in [0.4, 0.5) is 0 Å². The van der Waals surface area contributed by atoms with Crippen LogP contribution in [-0.2, 0) is 11.3 Å². The third kappa shape index (κ3) is 3.09. The van der Waals surface area contributed by atoms with Gasteiger partial charge in [0.15, 0.2) is 0 Å². The van der Waals surface area contributed by atoms with Gasteiger partial charge in [-0.2, -0.15) is 0 Å². The average Bonchev–Trinajstić information content (AvgIpc) is 2.52. The van der Waals surface area contributed by atoms with Crippen molar-refractivity contribution in [2.45, 2.75) is 38.8 Å². The molecule has 4 nitrogen and oxygen atoms in total. The van der Waals surface area contributed by atoms with Crippen LogP contribution in [0, 0.1) is 0 Å². The molecular weight excluding hydrogens is 360 g/mol. The maximum atomic E-state index is 10.4. The fraction of sp³-hybridized carbons (Fsp3) is 0.333. The zero-order valence-electron chi connectivity index (χ0n) is 13.0. The SMILES string of the molecule is C[C@H]1O[C@H](C)[C@@H](O)c2c(O)cc(Br)c(OCc3ccccc3)c21. The number of phenols is 1. The van der Waals surface area contributed by atoms with Gasteiger partial charge in [-0.1, -0.05) is 30.3 Å². The molecule has 3 atom stereocenters. The molecule has 0 saturated carbocycles. The second-order valence-electron chi connectivity index (χ2n) is 5.74. The lowest BCUT2D eigenvalue weighted by Gasteiger charge is -2.34. The number of aromatic hydroxyl groups is 1. The molecule has 0 spiro atoms. The van der Waals surface area contributed by atoms with Crippen LogP contribution >= 0.6 is 15.9 Å². The lowest BCUT2D eigenvalue weighted by molar-refractivity contribution is -0.0828. The molecule has 122 valence electrons. The van der Waals surface area contributed by atoms with E-state index in [1.165, 1.54) is 0 Å². The molecule has 1 aliphatic rings. The third-order valence-electron chi connectivity index (χ3n) is 4.08. The summed E-state index contributed by atoms with van der Waals surface area (Å²) in [7, 11) is 0. The minimum absolute atomic E-state index is 0.0495. The van der Waals surface area contributed by atoms with E-state index in [-0.39, 0.29) is 18.0 Å². The lowest BCUT2D eigenvalue weighted by atomic mass is 9.91. The highest BCUT2D eigenvalue weighted by Crippen LogP contribution is 2.48. The van der Waals surface area contributed by atoms with Gasteiger partial charge in [-0.15, -0.1) is 0 Å². The summed E-state index contributed by atoms with van der Waals surface area (Å²) in [6, 6.07) is 11.4. The third-order valence-corrected chi connectivity index (χ3v) is 4.67. The lowest BCUT2D eigenvalue weighted by Crippen LogP contribution is -2.28.